The van der Waals surface area contributed by atoms with E-state index >= 15 is 0 Å². The lowest BCUT2D eigenvalue weighted by Gasteiger charge is -2.33. The highest BCUT2D eigenvalue weighted by atomic mass is 32.2. The number of amides is 2. The van der Waals surface area contributed by atoms with Crippen molar-refractivity contribution in [2.45, 2.75) is 42.5 Å². The van der Waals surface area contributed by atoms with Crippen molar-refractivity contribution in [1.29, 1.82) is 0 Å². The first-order valence-electron chi connectivity index (χ1n) is 11.3. The average Bonchev–Trinajstić information content (AvgIpc) is 3.57. The quantitative estimate of drug-likeness (QED) is 0.644. The molecule has 0 unspecified atom stereocenters. The minimum Gasteiger partial charge on any atom is -0.352 e. The van der Waals surface area contributed by atoms with E-state index in [2.05, 4.69) is 52.5 Å². The first-order valence-corrected chi connectivity index (χ1v) is 12.2. The van der Waals surface area contributed by atoms with E-state index in [1.165, 1.54) is 16.0 Å². The lowest BCUT2D eigenvalue weighted by Crippen LogP contribution is -2.51. The van der Waals surface area contributed by atoms with Crippen molar-refractivity contribution in [2.24, 2.45) is 0 Å². The molecule has 32 heavy (non-hydrogen) atoms. The molecular weight excluding hydrogens is 420 g/mol. The van der Waals surface area contributed by atoms with Crippen molar-refractivity contribution in [3.8, 4) is 0 Å². The zero-order chi connectivity index (χ0) is 22.5. The van der Waals surface area contributed by atoms with Gasteiger partial charge < -0.3 is 10.6 Å². The Hall–Kier alpha value is -2.35. The zero-order valence-electron chi connectivity index (χ0n) is 18.9. The molecule has 0 aromatic heterocycles. The summed E-state index contributed by atoms with van der Waals surface area (Å²) in [6.45, 7) is 8.32. The smallest absolute Gasteiger partial charge is 0.238 e. The van der Waals surface area contributed by atoms with Crippen LogP contribution < -0.4 is 10.6 Å². The van der Waals surface area contributed by atoms with Gasteiger partial charge in [0, 0.05) is 47.7 Å². The highest BCUT2D eigenvalue weighted by Gasteiger charge is 2.25. The molecule has 1 saturated carbocycles. The minimum atomic E-state index is -0.000473. The molecule has 6 nitrogen and oxygen atoms in total. The molecule has 4 rings (SSSR count). The van der Waals surface area contributed by atoms with Crippen LogP contribution in [0.4, 0.5) is 5.69 Å². The number of anilines is 1. The van der Waals surface area contributed by atoms with Crippen LogP contribution >= 0.6 is 11.8 Å². The summed E-state index contributed by atoms with van der Waals surface area (Å²) in [7, 11) is 0. The summed E-state index contributed by atoms with van der Waals surface area (Å²) in [5, 5.41) is 6.04. The Morgan fingerprint density at radius 1 is 0.844 bits per heavy atom. The monoisotopic (exact) mass is 452 g/mol. The van der Waals surface area contributed by atoms with Crippen molar-refractivity contribution in [3.05, 3.63) is 53.6 Å². The Morgan fingerprint density at radius 3 is 2.03 bits per heavy atom. The van der Waals surface area contributed by atoms with Crippen molar-refractivity contribution < 1.29 is 9.59 Å². The van der Waals surface area contributed by atoms with E-state index in [0.717, 1.165) is 49.6 Å². The summed E-state index contributed by atoms with van der Waals surface area (Å²) in [4.78, 5) is 31.1. The normalized spacial score (nSPS) is 17.2. The topological polar surface area (TPSA) is 64.7 Å². The molecule has 2 N–H and O–H groups in total. The predicted octanol–water partition coefficient (Wildman–Crippen LogP) is 3.29. The van der Waals surface area contributed by atoms with E-state index in [1.807, 2.05) is 24.3 Å². The molecule has 2 fully saturated rings. The molecule has 0 spiro atoms. The highest BCUT2D eigenvalue weighted by Crippen LogP contribution is 2.29. The number of hydrogen-bond acceptors (Lipinski definition) is 5. The standard InChI is InChI=1S/C25H32N4O2S/c1-18-3-8-23(15-19(18)2)32-22-9-6-21(7-10-22)27-25(31)17-29-13-11-28(12-14-29)16-24(30)26-20-4-5-20/h3,6-10,15,20H,4-5,11-14,16-17H2,1-2H3,(H,26,30)(H,27,31). The van der Waals surface area contributed by atoms with Gasteiger partial charge in [-0.15, -0.1) is 0 Å². The van der Waals surface area contributed by atoms with Gasteiger partial charge in [0.2, 0.25) is 11.8 Å². The first kappa shape index (κ1) is 22.8. The molecule has 1 saturated heterocycles. The molecule has 7 heteroatoms. The SMILES string of the molecule is Cc1ccc(Sc2ccc(NC(=O)CN3CCN(CC(=O)NC4CC4)CC3)cc2)cc1C. The molecule has 0 atom stereocenters. The lowest BCUT2D eigenvalue weighted by molar-refractivity contribution is -0.123. The van der Waals surface area contributed by atoms with Gasteiger partial charge in [0.1, 0.15) is 0 Å². The second-order valence-electron chi connectivity index (χ2n) is 8.81. The van der Waals surface area contributed by atoms with E-state index in [9.17, 15) is 9.59 Å². The first-order chi connectivity index (χ1) is 15.4. The molecule has 2 aromatic rings. The number of nitrogens with zero attached hydrogens (tertiary/aromatic N) is 2. The maximum atomic E-state index is 12.5. The van der Waals surface area contributed by atoms with Crippen molar-refractivity contribution >= 4 is 29.3 Å². The van der Waals surface area contributed by atoms with Crippen LogP contribution in [-0.2, 0) is 9.59 Å². The van der Waals surface area contributed by atoms with Gasteiger partial charge in [-0.1, -0.05) is 17.8 Å². The van der Waals surface area contributed by atoms with Gasteiger partial charge in [-0.25, -0.2) is 0 Å². The molecule has 1 aliphatic carbocycles. The Labute approximate surface area is 194 Å². The van der Waals surface area contributed by atoms with Crippen LogP contribution in [0.25, 0.3) is 0 Å². The van der Waals surface area contributed by atoms with E-state index in [4.69, 9.17) is 0 Å². The Kier molecular flexibility index (Phi) is 7.50. The molecule has 170 valence electrons. The van der Waals surface area contributed by atoms with E-state index in [-0.39, 0.29) is 11.8 Å². The fraction of sp³-hybridized carbons (Fsp3) is 0.440. The third kappa shape index (κ3) is 6.82. The summed E-state index contributed by atoms with van der Waals surface area (Å²) in [6.07, 6.45) is 2.23. The van der Waals surface area contributed by atoms with Crippen LogP contribution in [0.1, 0.15) is 24.0 Å². The molecule has 2 aliphatic rings. The number of hydrogen-bond donors (Lipinski definition) is 2. The van der Waals surface area contributed by atoms with Gasteiger partial charge in [0.15, 0.2) is 0 Å². The lowest BCUT2D eigenvalue weighted by atomic mass is 10.1. The van der Waals surface area contributed by atoms with Gasteiger partial charge in [0.25, 0.3) is 0 Å². The molecule has 1 heterocycles. The number of piperazine rings is 1. The van der Waals surface area contributed by atoms with Gasteiger partial charge in [-0.3, -0.25) is 19.4 Å². The summed E-state index contributed by atoms with van der Waals surface area (Å²) in [5.74, 6) is 0.123. The van der Waals surface area contributed by atoms with Crippen LogP contribution in [0, 0.1) is 13.8 Å². The number of rotatable bonds is 8. The van der Waals surface area contributed by atoms with Crippen LogP contribution in [0.15, 0.2) is 52.3 Å². The van der Waals surface area contributed by atoms with Crippen LogP contribution in [-0.4, -0.2) is 66.9 Å². The second-order valence-corrected chi connectivity index (χ2v) is 9.96. The Balaban J connectivity index is 1.18. The average molecular weight is 453 g/mol. The second kappa shape index (κ2) is 10.5. The number of carbonyl (C=O) groups is 2. The van der Waals surface area contributed by atoms with E-state index in [1.54, 1.807) is 11.8 Å². The molecular formula is C25H32N4O2S. The Morgan fingerprint density at radius 2 is 1.44 bits per heavy atom. The third-order valence-electron chi connectivity index (χ3n) is 5.99. The number of aryl methyl sites for hydroxylation is 2. The largest absolute Gasteiger partial charge is 0.352 e. The number of carbonyl (C=O) groups excluding carboxylic acids is 2. The predicted molar refractivity (Wildman–Crippen MR) is 129 cm³/mol. The number of nitrogens with one attached hydrogen (secondary N) is 2. The van der Waals surface area contributed by atoms with Gasteiger partial charge >= 0.3 is 0 Å². The summed E-state index contributed by atoms with van der Waals surface area (Å²) >= 11 is 1.72. The molecule has 0 bridgehead atoms. The zero-order valence-corrected chi connectivity index (χ0v) is 19.7. The Bertz CT molecular complexity index is 951. The molecule has 1 aliphatic heterocycles. The number of benzene rings is 2. The van der Waals surface area contributed by atoms with E-state index < -0.39 is 0 Å². The van der Waals surface area contributed by atoms with Gasteiger partial charge in [-0.05, 0) is 74.2 Å². The van der Waals surface area contributed by atoms with Crippen molar-refractivity contribution in [3.63, 3.8) is 0 Å². The fourth-order valence-electron chi connectivity index (χ4n) is 3.73. The summed E-state index contributed by atoms with van der Waals surface area (Å²) in [6, 6.07) is 14.9. The molecule has 2 aromatic carbocycles. The van der Waals surface area contributed by atoms with Crippen LogP contribution in [0.5, 0.6) is 0 Å². The fourth-order valence-corrected chi connectivity index (χ4v) is 4.65. The third-order valence-corrected chi connectivity index (χ3v) is 6.99. The molecule has 0 radical (unpaired) electrons. The maximum absolute atomic E-state index is 12.5. The highest BCUT2D eigenvalue weighted by molar-refractivity contribution is 7.99. The van der Waals surface area contributed by atoms with Crippen LogP contribution in [0.2, 0.25) is 0 Å². The van der Waals surface area contributed by atoms with E-state index in [0.29, 0.717) is 19.1 Å². The summed E-state index contributed by atoms with van der Waals surface area (Å²) in [5.41, 5.74) is 3.41. The summed E-state index contributed by atoms with van der Waals surface area (Å²) < 4.78 is 0. The van der Waals surface area contributed by atoms with Crippen molar-refractivity contribution in [2.75, 3.05) is 44.6 Å². The minimum absolute atomic E-state index is 0.000473. The molecule has 2 amide bonds. The van der Waals surface area contributed by atoms with Gasteiger partial charge in [0.05, 0.1) is 13.1 Å². The van der Waals surface area contributed by atoms with Crippen LogP contribution in [0.3, 0.4) is 0 Å². The van der Waals surface area contributed by atoms with Crippen molar-refractivity contribution in [1.82, 2.24) is 15.1 Å². The maximum Gasteiger partial charge on any atom is 0.238 e. The van der Waals surface area contributed by atoms with Gasteiger partial charge in [-0.2, -0.15) is 0 Å².